The van der Waals surface area contributed by atoms with Gasteiger partial charge in [0, 0.05) is 17.7 Å². The number of nitrogens with zero attached hydrogens (tertiary/aromatic N) is 1. The van der Waals surface area contributed by atoms with E-state index < -0.39 is 0 Å². The first-order chi connectivity index (χ1) is 8.19. The number of rotatable bonds is 3. The first-order valence-corrected chi connectivity index (χ1v) is 6.79. The summed E-state index contributed by atoms with van der Waals surface area (Å²) >= 11 is 0. The van der Waals surface area contributed by atoms with E-state index in [0.717, 1.165) is 30.3 Å². The zero-order valence-electron chi connectivity index (χ0n) is 10.8. The molecule has 2 atom stereocenters. The Morgan fingerprint density at radius 3 is 3.00 bits per heavy atom. The van der Waals surface area contributed by atoms with Crippen molar-refractivity contribution in [1.29, 1.82) is 0 Å². The second-order valence-corrected chi connectivity index (χ2v) is 5.34. The van der Waals surface area contributed by atoms with E-state index in [-0.39, 0.29) is 5.56 Å². The van der Waals surface area contributed by atoms with Gasteiger partial charge in [-0.15, -0.1) is 0 Å². The number of aromatic nitrogens is 2. The normalized spacial score (nSPS) is 24.8. The van der Waals surface area contributed by atoms with Crippen LogP contribution in [0.15, 0.2) is 10.9 Å². The molecule has 2 unspecified atom stereocenters. The molecule has 2 rings (SSSR count). The molecular formula is C14H22N2O. The van der Waals surface area contributed by atoms with Crippen LogP contribution in [0.2, 0.25) is 0 Å². The van der Waals surface area contributed by atoms with Gasteiger partial charge >= 0.3 is 0 Å². The van der Waals surface area contributed by atoms with Crippen LogP contribution in [0.3, 0.4) is 0 Å². The molecule has 0 spiro atoms. The third-order valence-electron chi connectivity index (χ3n) is 3.64. The topological polar surface area (TPSA) is 45.8 Å². The molecule has 1 aromatic heterocycles. The minimum absolute atomic E-state index is 0.0108. The van der Waals surface area contributed by atoms with E-state index in [0.29, 0.717) is 5.92 Å². The predicted octanol–water partition coefficient (Wildman–Crippen LogP) is 3.02. The quantitative estimate of drug-likeness (QED) is 0.873. The van der Waals surface area contributed by atoms with E-state index in [9.17, 15) is 4.79 Å². The van der Waals surface area contributed by atoms with Gasteiger partial charge in [-0.25, -0.2) is 4.98 Å². The van der Waals surface area contributed by atoms with Crippen LogP contribution in [-0.2, 0) is 6.42 Å². The largest absolute Gasteiger partial charge is 0.310 e. The summed E-state index contributed by atoms with van der Waals surface area (Å²) in [6.45, 7) is 4.41. The maximum Gasteiger partial charge on any atom is 0.251 e. The molecule has 3 nitrogen and oxygen atoms in total. The van der Waals surface area contributed by atoms with Crippen LogP contribution in [0.4, 0.5) is 0 Å². The Labute approximate surface area is 103 Å². The molecule has 1 N–H and O–H groups in total. The zero-order chi connectivity index (χ0) is 12.3. The van der Waals surface area contributed by atoms with Crippen molar-refractivity contribution >= 4 is 0 Å². The summed E-state index contributed by atoms with van der Waals surface area (Å²) < 4.78 is 0. The number of aromatic amines is 1. The highest BCUT2D eigenvalue weighted by Crippen LogP contribution is 2.33. The summed E-state index contributed by atoms with van der Waals surface area (Å²) in [7, 11) is 0. The Morgan fingerprint density at radius 2 is 2.29 bits per heavy atom. The van der Waals surface area contributed by atoms with Crippen LogP contribution < -0.4 is 5.56 Å². The molecule has 1 aliphatic rings. The average Bonchev–Trinajstić information content (AvgIpc) is 2.28. The highest BCUT2D eigenvalue weighted by Gasteiger charge is 2.22. The Bertz CT molecular complexity index is 424. The molecule has 0 saturated heterocycles. The summed E-state index contributed by atoms with van der Waals surface area (Å²) in [5, 5.41) is 0. The molecule has 0 bridgehead atoms. The Balaban J connectivity index is 2.21. The minimum atomic E-state index is 0.0108. The van der Waals surface area contributed by atoms with Crippen LogP contribution in [-0.4, -0.2) is 9.97 Å². The molecule has 17 heavy (non-hydrogen) atoms. The van der Waals surface area contributed by atoms with E-state index in [1.54, 1.807) is 6.07 Å². The van der Waals surface area contributed by atoms with E-state index >= 15 is 0 Å². The summed E-state index contributed by atoms with van der Waals surface area (Å²) in [6.07, 6.45) is 6.85. The Hall–Kier alpha value is -1.12. The third kappa shape index (κ3) is 3.18. The van der Waals surface area contributed by atoms with E-state index in [1.807, 2.05) is 0 Å². The predicted molar refractivity (Wildman–Crippen MR) is 69.2 cm³/mol. The summed E-state index contributed by atoms with van der Waals surface area (Å²) in [5.41, 5.74) is 0.959. The van der Waals surface area contributed by atoms with Gasteiger partial charge in [-0.05, 0) is 25.2 Å². The summed E-state index contributed by atoms with van der Waals surface area (Å²) in [6, 6.07) is 1.64. The minimum Gasteiger partial charge on any atom is -0.310 e. The number of nitrogens with one attached hydrogen (secondary N) is 1. The van der Waals surface area contributed by atoms with Crippen LogP contribution in [0, 0.1) is 5.92 Å². The molecule has 1 saturated carbocycles. The number of hydrogen-bond acceptors (Lipinski definition) is 2. The second kappa shape index (κ2) is 5.48. The smallest absolute Gasteiger partial charge is 0.251 e. The maximum atomic E-state index is 11.6. The number of hydrogen-bond donors (Lipinski definition) is 1. The van der Waals surface area contributed by atoms with Crippen LogP contribution in [0.5, 0.6) is 0 Å². The highest BCUT2D eigenvalue weighted by molar-refractivity contribution is 5.07. The lowest BCUT2D eigenvalue weighted by atomic mass is 9.82. The van der Waals surface area contributed by atoms with Crippen molar-refractivity contribution in [2.24, 2.45) is 5.92 Å². The number of aryl methyl sites for hydroxylation is 1. The molecule has 0 aliphatic heterocycles. The lowest BCUT2D eigenvalue weighted by Gasteiger charge is -2.26. The second-order valence-electron chi connectivity index (χ2n) is 5.34. The third-order valence-corrected chi connectivity index (χ3v) is 3.64. The standard InChI is InChI=1S/C14H22N2O/c1-3-5-12-9-13(17)16-14(15-12)11-7-4-6-10(2)8-11/h9-11H,3-8H2,1-2H3,(H,15,16,17). The van der Waals surface area contributed by atoms with Gasteiger partial charge in [-0.2, -0.15) is 0 Å². The fourth-order valence-electron chi connectivity index (χ4n) is 2.79. The van der Waals surface area contributed by atoms with Gasteiger partial charge in [-0.3, -0.25) is 4.79 Å². The molecule has 94 valence electrons. The van der Waals surface area contributed by atoms with Crippen molar-refractivity contribution in [3.8, 4) is 0 Å². The van der Waals surface area contributed by atoms with Gasteiger partial charge < -0.3 is 4.98 Å². The van der Waals surface area contributed by atoms with Gasteiger partial charge in [0.2, 0.25) is 0 Å². The molecule has 1 fully saturated rings. The average molecular weight is 234 g/mol. The first-order valence-electron chi connectivity index (χ1n) is 6.79. The molecule has 3 heteroatoms. The first kappa shape index (κ1) is 12.3. The molecule has 1 heterocycles. The zero-order valence-corrected chi connectivity index (χ0v) is 10.8. The van der Waals surface area contributed by atoms with Crippen LogP contribution in [0.1, 0.15) is 63.4 Å². The van der Waals surface area contributed by atoms with Gasteiger partial charge in [0.25, 0.3) is 5.56 Å². The molecule has 1 aliphatic carbocycles. The van der Waals surface area contributed by atoms with Crippen molar-refractivity contribution in [2.45, 2.75) is 58.3 Å². The summed E-state index contributed by atoms with van der Waals surface area (Å²) in [4.78, 5) is 19.2. The maximum absolute atomic E-state index is 11.6. The fraction of sp³-hybridized carbons (Fsp3) is 0.714. The van der Waals surface area contributed by atoms with Crippen molar-refractivity contribution in [3.63, 3.8) is 0 Å². The van der Waals surface area contributed by atoms with Crippen molar-refractivity contribution < 1.29 is 0 Å². The lowest BCUT2D eigenvalue weighted by Crippen LogP contribution is -2.19. The van der Waals surface area contributed by atoms with E-state index in [1.165, 1.54) is 25.7 Å². The van der Waals surface area contributed by atoms with Gasteiger partial charge in [0.1, 0.15) is 5.82 Å². The van der Waals surface area contributed by atoms with E-state index in [2.05, 4.69) is 23.8 Å². The van der Waals surface area contributed by atoms with Gasteiger partial charge in [-0.1, -0.05) is 33.1 Å². The Kier molecular flexibility index (Phi) is 3.97. The van der Waals surface area contributed by atoms with Crippen molar-refractivity contribution in [2.75, 3.05) is 0 Å². The molecule has 0 aromatic carbocycles. The van der Waals surface area contributed by atoms with Gasteiger partial charge in [0.15, 0.2) is 0 Å². The van der Waals surface area contributed by atoms with Crippen LogP contribution in [0.25, 0.3) is 0 Å². The van der Waals surface area contributed by atoms with Crippen molar-refractivity contribution in [1.82, 2.24) is 9.97 Å². The molecule has 0 amide bonds. The SMILES string of the molecule is CCCc1cc(=O)[nH]c(C2CCCC(C)C2)n1. The van der Waals surface area contributed by atoms with Crippen LogP contribution >= 0.6 is 0 Å². The van der Waals surface area contributed by atoms with E-state index in [4.69, 9.17) is 0 Å². The monoisotopic (exact) mass is 234 g/mol. The highest BCUT2D eigenvalue weighted by atomic mass is 16.1. The summed E-state index contributed by atoms with van der Waals surface area (Å²) in [5.74, 6) is 2.14. The van der Waals surface area contributed by atoms with Gasteiger partial charge in [0.05, 0.1) is 0 Å². The molecule has 1 aromatic rings. The fourth-order valence-corrected chi connectivity index (χ4v) is 2.79. The molecule has 0 radical (unpaired) electrons. The molecular weight excluding hydrogens is 212 g/mol. The number of H-pyrrole nitrogens is 1. The lowest BCUT2D eigenvalue weighted by molar-refractivity contribution is 0.334. The Morgan fingerprint density at radius 1 is 1.47 bits per heavy atom. The van der Waals surface area contributed by atoms with Crippen molar-refractivity contribution in [3.05, 3.63) is 27.9 Å².